The highest BCUT2D eigenvalue weighted by Crippen LogP contribution is 2.16. The predicted octanol–water partition coefficient (Wildman–Crippen LogP) is 1.69. The van der Waals surface area contributed by atoms with Gasteiger partial charge < -0.3 is 9.73 Å². The van der Waals surface area contributed by atoms with E-state index in [-0.39, 0.29) is 17.8 Å². The Morgan fingerprint density at radius 1 is 1.28 bits per heavy atom. The van der Waals surface area contributed by atoms with Gasteiger partial charge in [0.05, 0.1) is 23.8 Å². The smallest absolute Gasteiger partial charge is 0.328 e. The second-order valence-electron chi connectivity index (χ2n) is 5.58. The minimum Gasteiger partial charge on any atom is -0.467 e. The van der Waals surface area contributed by atoms with Crippen LogP contribution in [0.15, 0.2) is 51.4 Å². The van der Waals surface area contributed by atoms with Crippen LogP contribution in [-0.4, -0.2) is 15.0 Å². The van der Waals surface area contributed by atoms with E-state index in [0.29, 0.717) is 11.3 Å². The van der Waals surface area contributed by atoms with Gasteiger partial charge in [0.25, 0.3) is 5.91 Å². The fourth-order valence-electron chi connectivity index (χ4n) is 2.60. The van der Waals surface area contributed by atoms with Gasteiger partial charge in [-0.05, 0) is 35.9 Å². The largest absolute Gasteiger partial charge is 0.467 e. The van der Waals surface area contributed by atoms with Crippen LogP contribution in [0.5, 0.6) is 0 Å². The fourth-order valence-corrected chi connectivity index (χ4v) is 2.60. The SMILES string of the molecule is Cn1c(=O)n(C)c2cc(C=C(C#N)C(=O)NCc3ccco3)ccc21. The number of carbonyl (C=O) groups excluding carboxylic acids is 1. The molecule has 3 aromatic rings. The maximum absolute atomic E-state index is 12.2. The summed E-state index contributed by atoms with van der Waals surface area (Å²) in [4.78, 5) is 24.1. The average molecular weight is 336 g/mol. The van der Waals surface area contributed by atoms with E-state index in [1.165, 1.54) is 16.9 Å². The van der Waals surface area contributed by atoms with Crippen LogP contribution < -0.4 is 11.0 Å². The number of nitrogens with zero attached hydrogens (tertiary/aromatic N) is 3. The zero-order valence-corrected chi connectivity index (χ0v) is 13.8. The van der Waals surface area contributed by atoms with E-state index in [1.54, 1.807) is 49.0 Å². The Morgan fingerprint density at radius 2 is 2.04 bits per heavy atom. The summed E-state index contributed by atoms with van der Waals surface area (Å²) in [7, 11) is 3.38. The summed E-state index contributed by atoms with van der Waals surface area (Å²) in [5.41, 5.74) is 2.03. The molecule has 1 aromatic carbocycles. The van der Waals surface area contributed by atoms with Gasteiger partial charge in [-0.1, -0.05) is 6.07 Å². The first-order chi connectivity index (χ1) is 12.0. The molecular weight excluding hydrogens is 320 g/mol. The van der Waals surface area contributed by atoms with Crippen LogP contribution in [0.4, 0.5) is 0 Å². The van der Waals surface area contributed by atoms with Crippen LogP contribution in [0.25, 0.3) is 17.1 Å². The third-order valence-corrected chi connectivity index (χ3v) is 3.98. The molecule has 0 aliphatic rings. The number of furan rings is 1. The molecule has 1 amide bonds. The van der Waals surface area contributed by atoms with Crippen molar-refractivity contribution in [2.45, 2.75) is 6.54 Å². The molecule has 25 heavy (non-hydrogen) atoms. The number of benzene rings is 1. The predicted molar refractivity (Wildman–Crippen MR) is 92.3 cm³/mol. The number of fused-ring (bicyclic) bond motifs is 1. The van der Waals surface area contributed by atoms with Crippen LogP contribution >= 0.6 is 0 Å². The van der Waals surface area contributed by atoms with Gasteiger partial charge in [-0.3, -0.25) is 13.9 Å². The summed E-state index contributed by atoms with van der Waals surface area (Å²) in [6.45, 7) is 0.205. The molecule has 2 heterocycles. The Balaban J connectivity index is 1.88. The first-order valence-corrected chi connectivity index (χ1v) is 7.59. The summed E-state index contributed by atoms with van der Waals surface area (Å²) in [6.07, 6.45) is 3.01. The van der Waals surface area contributed by atoms with Gasteiger partial charge >= 0.3 is 5.69 Å². The number of nitrogens with one attached hydrogen (secondary N) is 1. The third-order valence-electron chi connectivity index (χ3n) is 3.98. The summed E-state index contributed by atoms with van der Waals surface area (Å²) < 4.78 is 8.21. The maximum atomic E-state index is 12.2. The van der Waals surface area contributed by atoms with E-state index in [1.807, 2.05) is 6.07 Å². The minimum atomic E-state index is -0.485. The standard InChI is InChI=1S/C18H16N4O3/c1-21-15-6-5-12(9-16(15)22(2)18(21)24)8-13(10-19)17(23)20-11-14-4-3-7-25-14/h3-9H,11H2,1-2H3,(H,20,23). The van der Waals surface area contributed by atoms with E-state index in [2.05, 4.69) is 5.32 Å². The topological polar surface area (TPSA) is 93.0 Å². The molecule has 0 radical (unpaired) electrons. The summed E-state index contributed by atoms with van der Waals surface area (Å²) >= 11 is 0. The van der Waals surface area contributed by atoms with Crippen LogP contribution in [0.2, 0.25) is 0 Å². The lowest BCUT2D eigenvalue weighted by Crippen LogP contribution is -2.23. The van der Waals surface area contributed by atoms with E-state index < -0.39 is 5.91 Å². The quantitative estimate of drug-likeness (QED) is 0.579. The van der Waals surface area contributed by atoms with Crippen molar-refractivity contribution in [3.8, 4) is 6.07 Å². The molecule has 126 valence electrons. The lowest BCUT2D eigenvalue weighted by molar-refractivity contribution is -0.117. The monoisotopic (exact) mass is 336 g/mol. The number of aromatic nitrogens is 2. The fraction of sp³-hybridized carbons (Fsp3) is 0.167. The molecule has 0 bridgehead atoms. The van der Waals surface area contributed by atoms with Crippen molar-refractivity contribution >= 4 is 23.0 Å². The highest BCUT2D eigenvalue weighted by atomic mass is 16.3. The van der Waals surface area contributed by atoms with Crippen molar-refractivity contribution in [2.75, 3.05) is 0 Å². The molecule has 0 atom stereocenters. The Kier molecular flexibility index (Phi) is 4.27. The number of imidazole rings is 1. The number of nitriles is 1. The third kappa shape index (κ3) is 3.10. The zero-order valence-electron chi connectivity index (χ0n) is 13.8. The van der Waals surface area contributed by atoms with Gasteiger partial charge in [-0.15, -0.1) is 0 Å². The van der Waals surface area contributed by atoms with Crippen molar-refractivity contribution in [3.63, 3.8) is 0 Å². The lowest BCUT2D eigenvalue weighted by atomic mass is 10.1. The second-order valence-corrected chi connectivity index (χ2v) is 5.58. The summed E-state index contributed by atoms with van der Waals surface area (Å²) in [5, 5.41) is 11.9. The van der Waals surface area contributed by atoms with E-state index in [4.69, 9.17) is 4.42 Å². The average Bonchev–Trinajstić information content (AvgIpc) is 3.21. The van der Waals surface area contributed by atoms with Crippen LogP contribution in [0.1, 0.15) is 11.3 Å². The number of hydrogen-bond acceptors (Lipinski definition) is 4. The van der Waals surface area contributed by atoms with E-state index in [0.717, 1.165) is 11.0 Å². The molecule has 0 spiro atoms. The van der Waals surface area contributed by atoms with Crippen molar-refractivity contribution in [3.05, 3.63) is 64.0 Å². The van der Waals surface area contributed by atoms with E-state index in [9.17, 15) is 14.9 Å². The number of carbonyl (C=O) groups is 1. The highest BCUT2D eigenvalue weighted by molar-refractivity contribution is 6.01. The van der Waals surface area contributed by atoms with E-state index >= 15 is 0 Å². The molecule has 7 heteroatoms. The van der Waals surface area contributed by atoms with Crippen molar-refractivity contribution in [2.24, 2.45) is 14.1 Å². The van der Waals surface area contributed by atoms with Gasteiger partial charge in [-0.2, -0.15) is 5.26 Å². The van der Waals surface area contributed by atoms with Crippen LogP contribution in [-0.2, 0) is 25.4 Å². The van der Waals surface area contributed by atoms with Gasteiger partial charge in [0.15, 0.2) is 0 Å². The number of amides is 1. The molecule has 1 N–H and O–H groups in total. The Morgan fingerprint density at radius 3 is 2.72 bits per heavy atom. The van der Waals surface area contributed by atoms with Crippen LogP contribution in [0.3, 0.4) is 0 Å². The van der Waals surface area contributed by atoms with Gasteiger partial charge in [0, 0.05) is 14.1 Å². The Hall–Kier alpha value is -3.53. The van der Waals surface area contributed by atoms with Crippen LogP contribution in [0, 0.1) is 11.3 Å². The molecule has 0 saturated carbocycles. The molecule has 3 rings (SSSR count). The second kappa shape index (κ2) is 6.53. The molecule has 0 aliphatic carbocycles. The summed E-state index contributed by atoms with van der Waals surface area (Å²) in [5.74, 6) is 0.118. The van der Waals surface area contributed by atoms with Gasteiger partial charge in [0.2, 0.25) is 0 Å². The molecular formula is C18H16N4O3. The Bertz CT molecular complexity index is 1060. The van der Waals surface area contributed by atoms with Crippen molar-refractivity contribution < 1.29 is 9.21 Å². The van der Waals surface area contributed by atoms with Crippen molar-refractivity contribution in [1.29, 1.82) is 5.26 Å². The Labute approximate surface area is 143 Å². The zero-order chi connectivity index (χ0) is 18.0. The minimum absolute atomic E-state index is 0.0214. The van der Waals surface area contributed by atoms with Gasteiger partial charge in [-0.25, -0.2) is 4.79 Å². The molecule has 0 fully saturated rings. The number of aryl methyl sites for hydroxylation is 2. The van der Waals surface area contributed by atoms with Crippen molar-refractivity contribution in [1.82, 2.24) is 14.5 Å². The first kappa shape index (κ1) is 16.3. The highest BCUT2D eigenvalue weighted by Gasteiger charge is 2.11. The summed E-state index contributed by atoms with van der Waals surface area (Å²) in [6, 6.07) is 10.7. The number of rotatable bonds is 4. The molecule has 0 aliphatic heterocycles. The maximum Gasteiger partial charge on any atom is 0.328 e. The number of hydrogen-bond donors (Lipinski definition) is 1. The van der Waals surface area contributed by atoms with Gasteiger partial charge in [0.1, 0.15) is 17.4 Å². The molecule has 0 saturated heterocycles. The lowest BCUT2D eigenvalue weighted by Gasteiger charge is -2.03. The molecule has 2 aromatic heterocycles. The molecule has 0 unspecified atom stereocenters. The molecule has 7 nitrogen and oxygen atoms in total. The normalized spacial score (nSPS) is 11.5. The first-order valence-electron chi connectivity index (χ1n) is 7.59.